The van der Waals surface area contributed by atoms with Crippen molar-refractivity contribution in [2.24, 2.45) is 0 Å². The molecule has 96 valence electrons. The summed E-state index contributed by atoms with van der Waals surface area (Å²) >= 11 is 0. The molecule has 0 aliphatic carbocycles. The topological polar surface area (TPSA) is 41.5 Å². The Morgan fingerprint density at radius 3 is 2.76 bits per heavy atom. The van der Waals surface area contributed by atoms with E-state index in [2.05, 4.69) is 5.32 Å². The van der Waals surface area contributed by atoms with Gasteiger partial charge in [-0.05, 0) is 24.1 Å². The van der Waals surface area contributed by atoms with Crippen molar-refractivity contribution >= 4 is 0 Å². The molecule has 0 bridgehead atoms. The predicted octanol–water partition coefficient (Wildman–Crippen LogP) is 1.66. The summed E-state index contributed by atoms with van der Waals surface area (Å²) < 4.78 is 18.2. The molecular formula is C13H20FNO2. The number of halogens is 1. The Kier molecular flexibility index (Phi) is 5.55. The van der Waals surface area contributed by atoms with Gasteiger partial charge in [-0.15, -0.1) is 0 Å². The van der Waals surface area contributed by atoms with Crippen molar-refractivity contribution in [1.82, 2.24) is 5.32 Å². The molecule has 1 aromatic rings. The number of hydrogen-bond acceptors (Lipinski definition) is 3. The van der Waals surface area contributed by atoms with Gasteiger partial charge in [-0.25, -0.2) is 4.39 Å². The molecular weight excluding hydrogens is 221 g/mol. The number of benzene rings is 1. The van der Waals surface area contributed by atoms with Gasteiger partial charge in [-0.2, -0.15) is 0 Å². The number of nitrogens with one attached hydrogen (secondary N) is 1. The van der Waals surface area contributed by atoms with Gasteiger partial charge >= 0.3 is 0 Å². The maximum Gasteiger partial charge on any atom is 0.123 e. The van der Waals surface area contributed by atoms with Gasteiger partial charge in [-0.1, -0.05) is 19.1 Å². The van der Waals surface area contributed by atoms with Crippen LogP contribution in [0.3, 0.4) is 0 Å². The normalized spacial score (nSPS) is 14.6. The lowest BCUT2D eigenvalue weighted by atomic mass is 9.88. The minimum absolute atomic E-state index is 0.0728. The van der Waals surface area contributed by atoms with Crippen LogP contribution in [0, 0.1) is 5.82 Å². The summed E-state index contributed by atoms with van der Waals surface area (Å²) in [6, 6.07) is 6.33. The Morgan fingerprint density at radius 1 is 1.47 bits per heavy atom. The molecule has 4 heteroatoms. The van der Waals surface area contributed by atoms with Gasteiger partial charge in [0.15, 0.2) is 0 Å². The molecule has 1 unspecified atom stereocenters. The van der Waals surface area contributed by atoms with E-state index in [9.17, 15) is 9.50 Å². The molecule has 0 aromatic heterocycles. The van der Waals surface area contributed by atoms with E-state index >= 15 is 0 Å². The lowest BCUT2D eigenvalue weighted by Crippen LogP contribution is -2.46. The number of methoxy groups -OCH3 is 1. The highest BCUT2D eigenvalue weighted by atomic mass is 19.1. The first-order valence-electron chi connectivity index (χ1n) is 5.79. The minimum Gasteiger partial charge on any atom is -0.394 e. The van der Waals surface area contributed by atoms with Gasteiger partial charge in [0.05, 0.1) is 18.8 Å². The van der Waals surface area contributed by atoms with Crippen molar-refractivity contribution in [1.29, 1.82) is 0 Å². The van der Waals surface area contributed by atoms with Crippen LogP contribution in [-0.4, -0.2) is 32.0 Å². The fourth-order valence-electron chi connectivity index (χ4n) is 1.87. The Labute approximate surface area is 102 Å². The van der Waals surface area contributed by atoms with Gasteiger partial charge in [0, 0.05) is 13.7 Å². The second-order valence-electron chi connectivity index (χ2n) is 4.02. The summed E-state index contributed by atoms with van der Waals surface area (Å²) in [7, 11) is 1.62. The second-order valence-corrected chi connectivity index (χ2v) is 4.02. The van der Waals surface area contributed by atoms with E-state index < -0.39 is 5.54 Å². The van der Waals surface area contributed by atoms with E-state index in [0.717, 1.165) is 5.56 Å². The molecule has 0 radical (unpaired) electrons. The maximum atomic E-state index is 13.2. The molecule has 0 heterocycles. The van der Waals surface area contributed by atoms with Gasteiger partial charge in [-0.3, -0.25) is 0 Å². The Hall–Kier alpha value is -0.970. The van der Waals surface area contributed by atoms with Crippen LogP contribution in [0.4, 0.5) is 4.39 Å². The average molecular weight is 241 g/mol. The largest absolute Gasteiger partial charge is 0.394 e. The van der Waals surface area contributed by atoms with Crippen LogP contribution in [0.25, 0.3) is 0 Å². The van der Waals surface area contributed by atoms with Crippen LogP contribution in [0.1, 0.15) is 18.9 Å². The molecule has 1 aromatic carbocycles. The number of aliphatic hydroxyl groups excluding tert-OH is 1. The summed E-state index contributed by atoms with van der Waals surface area (Å²) in [5.74, 6) is -0.290. The van der Waals surface area contributed by atoms with Crippen LogP contribution >= 0.6 is 0 Å². The van der Waals surface area contributed by atoms with Crippen molar-refractivity contribution in [3.05, 3.63) is 35.6 Å². The van der Waals surface area contributed by atoms with E-state index in [1.54, 1.807) is 13.2 Å². The Balaban J connectivity index is 2.89. The lowest BCUT2D eigenvalue weighted by molar-refractivity contribution is 0.133. The van der Waals surface area contributed by atoms with Crippen molar-refractivity contribution < 1.29 is 14.2 Å². The molecule has 0 saturated heterocycles. The Bertz CT molecular complexity index is 340. The van der Waals surface area contributed by atoms with Crippen LogP contribution in [-0.2, 0) is 10.3 Å². The molecule has 0 fully saturated rings. The molecule has 0 amide bonds. The predicted molar refractivity (Wildman–Crippen MR) is 65.3 cm³/mol. The molecule has 0 saturated carbocycles. The van der Waals surface area contributed by atoms with Gasteiger partial charge < -0.3 is 15.2 Å². The monoisotopic (exact) mass is 241 g/mol. The molecule has 1 rings (SSSR count). The fourth-order valence-corrected chi connectivity index (χ4v) is 1.87. The van der Waals surface area contributed by atoms with Crippen LogP contribution < -0.4 is 5.32 Å². The van der Waals surface area contributed by atoms with Gasteiger partial charge in [0.25, 0.3) is 0 Å². The summed E-state index contributed by atoms with van der Waals surface area (Å²) in [5.41, 5.74) is 0.166. The van der Waals surface area contributed by atoms with Crippen molar-refractivity contribution in [2.45, 2.75) is 18.9 Å². The molecule has 3 nitrogen and oxygen atoms in total. The first-order chi connectivity index (χ1) is 8.18. The van der Waals surface area contributed by atoms with Crippen LogP contribution in [0.15, 0.2) is 24.3 Å². The quantitative estimate of drug-likeness (QED) is 0.713. The van der Waals surface area contributed by atoms with E-state index in [0.29, 0.717) is 19.6 Å². The first kappa shape index (κ1) is 14.1. The number of ether oxygens (including phenoxy) is 1. The zero-order valence-electron chi connectivity index (χ0n) is 10.4. The van der Waals surface area contributed by atoms with Gasteiger partial charge in [0.1, 0.15) is 5.82 Å². The van der Waals surface area contributed by atoms with E-state index in [-0.39, 0.29) is 12.4 Å². The van der Waals surface area contributed by atoms with E-state index in [4.69, 9.17) is 4.74 Å². The standard InChI is InChI=1S/C13H20FNO2/c1-3-13(10-16,15-7-8-17-2)11-5-4-6-12(14)9-11/h4-6,9,15-16H,3,7-8,10H2,1-2H3. The van der Waals surface area contributed by atoms with Crippen LogP contribution in [0.2, 0.25) is 0 Å². The van der Waals surface area contributed by atoms with Gasteiger partial charge in [0.2, 0.25) is 0 Å². The van der Waals surface area contributed by atoms with Crippen molar-refractivity contribution in [2.75, 3.05) is 26.9 Å². The van der Waals surface area contributed by atoms with Crippen LogP contribution in [0.5, 0.6) is 0 Å². The average Bonchev–Trinajstić information content (AvgIpc) is 2.35. The minimum atomic E-state index is -0.597. The SMILES string of the molecule is CCC(CO)(NCCOC)c1cccc(F)c1. The highest BCUT2D eigenvalue weighted by Gasteiger charge is 2.29. The third kappa shape index (κ3) is 3.49. The molecule has 1 atom stereocenters. The van der Waals surface area contributed by atoms with Crippen molar-refractivity contribution in [3.8, 4) is 0 Å². The summed E-state index contributed by atoms with van der Waals surface area (Å²) in [6.07, 6.45) is 0.677. The van der Waals surface area contributed by atoms with Crippen molar-refractivity contribution in [3.63, 3.8) is 0 Å². The zero-order chi connectivity index (χ0) is 12.7. The highest BCUT2D eigenvalue weighted by molar-refractivity contribution is 5.25. The number of hydrogen-bond donors (Lipinski definition) is 2. The maximum absolute atomic E-state index is 13.2. The summed E-state index contributed by atoms with van der Waals surface area (Å²) in [4.78, 5) is 0. The fraction of sp³-hybridized carbons (Fsp3) is 0.538. The smallest absolute Gasteiger partial charge is 0.123 e. The highest BCUT2D eigenvalue weighted by Crippen LogP contribution is 2.24. The summed E-state index contributed by atoms with van der Waals surface area (Å²) in [5, 5.41) is 12.8. The second kappa shape index (κ2) is 6.69. The molecule has 2 N–H and O–H groups in total. The first-order valence-corrected chi connectivity index (χ1v) is 5.79. The summed E-state index contributed by atoms with van der Waals surface area (Å²) in [6.45, 7) is 3.05. The molecule has 0 spiro atoms. The third-order valence-corrected chi connectivity index (χ3v) is 3.02. The lowest BCUT2D eigenvalue weighted by Gasteiger charge is -2.32. The van der Waals surface area contributed by atoms with E-state index in [1.165, 1.54) is 12.1 Å². The molecule has 17 heavy (non-hydrogen) atoms. The zero-order valence-corrected chi connectivity index (χ0v) is 10.4. The third-order valence-electron chi connectivity index (χ3n) is 3.02. The molecule has 0 aliphatic rings. The number of rotatable bonds is 7. The number of aliphatic hydroxyl groups is 1. The Morgan fingerprint density at radius 2 is 2.24 bits per heavy atom. The van der Waals surface area contributed by atoms with E-state index in [1.807, 2.05) is 13.0 Å². The molecule has 0 aliphatic heterocycles.